The van der Waals surface area contributed by atoms with Gasteiger partial charge in [-0.1, -0.05) is 0 Å². The molecule has 2 aromatic carbocycles. The SMILES string of the molecule is O=S1CC2(OCCO2)c2cc3nccc(Nc4ccc5scnc5c4)c3cc21. The Kier molecular flexibility index (Phi) is 3.58. The third kappa shape index (κ3) is 2.42. The average Bonchev–Trinajstić information content (AvgIpc) is 3.42. The molecule has 2 aliphatic heterocycles. The Labute approximate surface area is 167 Å². The number of thiazole rings is 1. The molecule has 1 N–H and O–H groups in total. The van der Waals surface area contributed by atoms with Gasteiger partial charge in [0.1, 0.15) is 0 Å². The van der Waals surface area contributed by atoms with Crippen molar-refractivity contribution in [2.45, 2.75) is 10.7 Å². The fraction of sp³-hybridized carbons (Fsp3) is 0.200. The van der Waals surface area contributed by atoms with Crippen LogP contribution in [-0.4, -0.2) is 33.1 Å². The number of ether oxygens (including phenoxy) is 2. The number of rotatable bonds is 2. The van der Waals surface area contributed by atoms with Crippen LogP contribution in [0.5, 0.6) is 0 Å². The van der Waals surface area contributed by atoms with Crippen molar-refractivity contribution >= 4 is 54.6 Å². The van der Waals surface area contributed by atoms with Crippen LogP contribution in [0.15, 0.2) is 53.0 Å². The Balaban J connectivity index is 1.47. The summed E-state index contributed by atoms with van der Waals surface area (Å²) in [7, 11) is -1.17. The molecule has 0 amide bonds. The molecule has 8 heteroatoms. The largest absolute Gasteiger partial charge is 0.355 e. The molecule has 0 bridgehead atoms. The number of benzene rings is 2. The second kappa shape index (κ2) is 6.05. The van der Waals surface area contributed by atoms with Crippen LogP contribution in [0.3, 0.4) is 0 Å². The van der Waals surface area contributed by atoms with E-state index in [1.165, 1.54) is 0 Å². The summed E-state index contributed by atoms with van der Waals surface area (Å²) in [6, 6.07) is 12.0. The molecule has 1 fully saturated rings. The monoisotopic (exact) mass is 409 g/mol. The summed E-state index contributed by atoms with van der Waals surface area (Å²) in [4.78, 5) is 9.67. The lowest BCUT2D eigenvalue weighted by Gasteiger charge is -2.21. The maximum absolute atomic E-state index is 12.8. The first-order valence-corrected chi connectivity index (χ1v) is 11.1. The van der Waals surface area contributed by atoms with Gasteiger partial charge >= 0.3 is 0 Å². The molecule has 0 aliphatic carbocycles. The molecule has 6 nitrogen and oxygen atoms in total. The summed E-state index contributed by atoms with van der Waals surface area (Å²) < 4.78 is 25.6. The molecule has 2 aromatic heterocycles. The third-order valence-electron chi connectivity index (χ3n) is 5.18. The Hall–Kier alpha value is -2.39. The quantitative estimate of drug-likeness (QED) is 0.541. The van der Waals surface area contributed by atoms with Crippen molar-refractivity contribution in [3.05, 3.63) is 53.7 Å². The first-order valence-electron chi connectivity index (χ1n) is 8.92. The normalized spacial score (nSPS) is 20.2. The maximum atomic E-state index is 12.8. The molecule has 1 unspecified atom stereocenters. The molecule has 0 radical (unpaired) electrons. The Morgan fingerprint density at radius 3 is 2.86 bits per heavy atom. The predicted octanol–water partition coefficient (Wildman–Crippen LogP) is 3.91. The van der Waals surface area contributed by atoms with E-state index in [1.54, 1.807) is 17.5 Å². The molecule has 1 saturated heterocycles. The predicted molar refractivity (Wildman–Crippen MR) is 110 cm³/mol. The summed E-state index contributed by atoms with van der Waals surface area (Å²) in [5.74, 6) is -0.545. The van der Waals surface area contributed by atoms with Crippen LogP contribution in [0, 0.1) is 0 Å². The summed E-state index contributed by atoms with van der Waals surface area (Å²) in [6.45, 7) is 1.03. The highest BCUT2D eigenvalue weighted by Gasteiger charge is 2.48. The fourth-order valence-electron chi connectivity index (χ4n) is 3.88. The van der Waals surface area contributed by atoms with Gasteiger partial charge in [-0.05, 0) is 36.4 Å². The van der Waals surface area contributed by atoms with E-state index in [1.807, 2.05) is 35.8 Å². The Bertz CT molecular complexity index is 1260. The molecule has 4 heterocycles. The number of hydrogen-bond donors (Lipinski definition) is 1. The zero-order valence-electron chi connectivity index (χ0n) is 14.7. The van der Waals surface area contributed by atoms with Crippen LogP contribution in [0.1, 0.15) is 5.56 Å². The van der Waals surface area contributed by atoms with Crippen molar-refractivity contribution in [3.63, 3.8) is 0 Å². The molecule has 4 aromatic rings. The van der Waals surface area contributed by atoms with Gasteiger partial charge in [-0.25, -0.2) is 4.98 Å². The van der Waals surface area contributed by atoms with Crippen molar-refractivity contribution < 1.29 is 13.7 Å². The number of nitrogens with one attached hydrogen (secondary N) is 1. The van der Waals surface area contributed by atoms with Crippen LogP contribution in [0.4, 0.5) is 11.4 Å². The van der Waals surface area contributed by atoms with Crippen molar-refractivity contribution in [3.8, 4) is 0 Å². The van der Waals surface area contributed by atoms with Crippen molar-refractivity contribution in [1.82, 2.24) is 9.97 Å². The van der Waals surface area contributed by atoms with Crippen LogP contribution in [0.25, 0.3) is 21.1 Å². The van der Waals surface area contributed by atoms with E-state index in [2.05, 4.69) is 21.4 Å². The van der Waals surface area contributed by atoms with E-state index in [4.69, 9.17) is 9.47 Å². The molecule has 1 spiro atoms. The second-order valence-electron chi connectivity index (χ2n) is 6.82. The standard InChI is InChI=1S/C20H15N3O3S2/c24-28-10-20(25-5-6-26-20)14-9-16-13(8-19(14)28)15(3-4-21-16)23-12-1-2-18-17(7-12)22-11-27-18/h1-4,7-9,11H,5-6,10H2,(H,21,23). The van der Waals surface area contributed by atoms with Crippen molar-refractivity contribution in [1.29, 1.82) is 0 Å². The summed E-state index contributed by atoms with van der Waals surface area (Å²) in [5, 5.41) is 4.38. The topological polar surface area (TPSA) is 73.3 Å². The maximum Gasteiger partial charge on any atom is 0.208 e. The van der Waals surface area contributed by atoms with E-state index < -0.39 is 16.6 Å². The zero-order valence-corrected chi connectivity index (χ0v) is 16.3. The number of aromatic nitrogens is 2. The molecule has 140 valence electrons. The number of pyridine rings is 1. The first kappa shape index (κ1) is 16.6. The molecule has 2 aliphatic rings. The highest BCUT2D eigenvalue weighted by molar-refractivity contribution is 7.85. The smallest absolute Gasteiger partial charge is 0.208 e. The van der Waals surface area contributed by atoms with Gasteiger partial charge in [-0.15, -0.1) is 11.3 Å². The van der Waals surface area contributed by atoms with Gasteiger partial charge in [0.05, 0.1) is 51.0 Å². The summed E-state index contributed by atoms with van der Waals surface area (Å²) in [6.07, 6.45) is 1.77. The van der Waals surface area contributed by atoms with Crippen LogP contribution in [-0.2, 0) is 26.1 Å². The molecule has 1 atom stereocenters. The Morgan fingerprint density at radius 2 is 1.96 bits per heavy atom. The van der Waals surface area contributed by atoms with Gasteiger partial charge in [0.2, 0.25) is 5.79 Å². The minimum atomic E-state index is -1.17. The van der Waals surface area contributed by atoms with Gasteiger partial charge in [0.25, 0.3) is 0 Å². The van der Waals surface area contributed by atoms with Crippen LogP contribution >= 0.6 is 11.3 Å². The van der Waals surface area contributed by atoms with Gasteiger partial charge in [-0.2, -0.15) is 0 Å². The first-order chi connectivity index (χ1) is 13.7. The fourth-order valence-corrected chi connectivity index (χ4v) is 6.07. The van der Waals surface area contributed by atoms with Gasteiger partial charge in [-0.3, -0.25) is 9.19 Å². The number of nitrogens with zero attached hydrogens (tertiary/aromatic N) is 2. The lowest BCUT2D eigenvalue weighted by Crippen LogP contribution is -2.28. The minimum Gasteiger partial charge on any atom is -0.355 e. The van der Waals surface area contributed by atoms with Gasteiger partial charge in [0, 0.05) is 33.4 Å². The lowest BCUT2D eigenvalue weighted by atomic mass is 10.0. The molecule has 0 saturated carbocycles. The van der Waals surface area contributed by atoms with E-state index in [0.29, 0.717) is 19.0 Å². The summed E-state index contributed by atoms with van der Waals surface area (Å²) in [5.41, 5.74) is 6.32. The van der Waals surface area contributed by atoms with Crippen LogP contribution in [0.2, 0.25) is 0 Å². The third-order valence-corrected chi connectivity index (χ3v) is 7.46. The van der Waals surface area contributed by atoms with E-state index in [9.17, 15) is 4.21 Å². The number of anilines is 2. The molecular weight excluding hydrogens is 394 g/mol. The summed E-state index contributed by atoms with van der Waals surface area (Å²) >= 11 is 1.62. The molecular formula is C20H15N3O3S2. The van der Waals surface area contributed by atoms with Gasteiger partial charge < -0.3 is 14.8 Å². The number of hydrogen-bond acceptors (Lipinski definition) is 7. The zero-order chi connectivity index (χ0) is 18.7. The minimum absolute atomic E-state index is 0.335. The van der Waals surface area contributed by atoms with E-state index in [-0.39, 0.29) is 0 Å². The number of fused-ring (bicyclic) bond motifs is 4. The van der Waals surface area contributed by atoms with E-state index in [0.717, 1.165) is 43.0 Å². The highest BCUT2D eigenvalue weighted by Crippen LogP contribution is 2.44. The second-order valence-corrected chi connectivity index (χ2v) is 9.13. The van der Waals surface area contributed by atoms with Crippen molar-refractivity contribution in [2.75, 3.05) is 24.3 Å². The van der Waals surface area contributed by atoms with Gasteiger partial charge in [0.15, 0.2) is 0 Å². The molecule has 28 heavy (non-hydrogen) atoms. The van der Waals surface area contributed by atoms with Crippen LogP contribution < -0.4 is 5.32 Å². The Morgan fingerprint density at radius 1 is 1.07 bits per heavy atom. The van der Waals surface area contributed by atoms with E-state index >= 15 is 0 Å². The van der Waals surface area contributed by atoms with Crippen molar-refractivity contribution in [2.24, 2.45) is 0 Å². The lowest BCUT2D eigenvalue weighted by molar-refractivity contribution is -0.144. The average molecular weight is 409 g/mol. The highest BCUT2D eigenvalue weighted by atomic mass is 32.2. The molecule has 6 rings (SSSR count).